The number of ether oxygens (including phenoxy) is 1. The second-order valence-electron chi connectivity index (χ2n) is 6.88. The fourth-order valence-electron chi connectivity index (χ4n) is 3.39. The molecule has 2 fully saturated rings. The summed E-state index contributed by atoms with van der Waals surface area (Å²) in [5, 5.41) is 0.583. The molecule has 0 N–H and O–H groups in total. The number of nitrogens with zero attached hydrogens (tertiary/aromatic N) is 5. The summed E-state index contributed by atoms with van der Waals surface area (Å²) in [6.07, 6.45) is 3.33. The molecule has 23 heavy (non-hydrogen) atoms. The molecular weight excluding hydrogens is 314 g/mol. The van der Waals surface area contributed by atoms with E-state index < -0.39 is 0 Å². The van der Waals surface area contributed by atoms with Crippen molar-refractivity contribution in [1.29, 1.82) is 0 Å². The molecule has 128 valence electrons. The Morgan fingerprint density at radius 2 is 1.65 bits per heavy atom. The van der Waals surface area contributed by atoms with Gasteiger partial charge in [0.1, 0.15) is 0 Å². The van der Waals surface area contributed by atoms with Crippen molar-refractivity contribution < 1.29 is 4.74 Å². The van der Waals surface area contributed by atoms with Crippen LogP contribution in [-0.4, -0.2) is 84.3 Å². The first-order valence-corrected chi connectivity index (χ1v) is 8.70. The number of rotatable bonds is 4. The Morgan fingerprint density at radius 1 is 1.04 bits per heavy atom. The Balaban J connectivity index is 1.51. The predicted octanol–water partition coefficient (Wildman–Crippen LogP) is 1.36. The molecular formula is C16H26ClN5O. The van der Waals surface area contributed by atoms with Gasteiger partial charge in [-0.3, -0.25) is 9.80 Å². The van der Waals surface area contributed by atoms with Crippen LogP contribution in [0.4, 0.5) is 5.95 Å². The molecule has 0 radical (unpaired) electrons. The molecule has 3 heterocycles. The largest absolute Gasteiger partial charge is 0.379 e. The van der Waals surface area contributed by atoms with Crippen molar-refractivity contribution in [2.45, 2.75) is 19.4 Å². The summed E-state index contributed by atoms with van der Waals surface area (Å²) in [5.41, 5.74) is 0.183. The number of aromatic nitrogens is 2. The van der Waals surface area contributed by atoms with E-state index in [1.165, 1.54) is 0 Å². The lowest BCUT2D eigenvalue weighted by molar-refractivity contribution is -0.0221. The van der Waals surface area contributed by atoms with Crippen LogP contribution in [0.2, 0.25) is 5.02 Å². The second kappa shape index (κ2) is 7.30. The third kappa shape index (κ3) is 4.32. The lowest BCUT2D eigenvalue weighted by atomic mass is 10.0. The Hall–Kier alpha value is -0.950. The van der Waals surface area contributed by atoms with Crippen LogP contribution >= 0.6 is 11.6 Å². The summed E-state index contributed by atoms with van der Waals surface area (Å²) >= 11 is 5.85. The minimum Gasteiger partial charge on any atom is -0.379 e. The molecule has 2 aliphatic rings. The molecule has 6 nitrogen and oxygen atoms in total. The van der Waals surface area contributed by atoms with Gasteiger partial charge in [0.2, 0.25) is 5.95 Å². The fraction of sp³-hybridized carbons (Fsp3) is 0.750. The highest BCUT2D eigenvalue weighted by molar-refractivity contribution is 6.30. The zero-order valence-corrected chi connectivity index (χ0v) is 14.8. The lowest BCUT2D eigenvalue weighted by Gasteiger charge is -2.45. The highest BCUT2D eigenvalue weighted by atomic mass is 35.5. The average Bonchev–Trinajstić information content (AvgIpc) is 2.57. The first kappa shape index (κ1) is 16.9. The van der Waals surface area contributed by atoms with Crippen molar-refractivity contribution in [3.63, 3.8) is 0 Å². The molecule has 0 aromatic carbocycles. The van der Waals surface area contributed by atoms with Gasteiger partial charge in [0, 0.05) is 51.4 Å². The fourth-order valence-corrected chi connectivity index (χ4v) is 3.49. The third-order valence-electron chi connectivity index (χ3n) is 4.74. The Kier molecular flexibility index (Phi) is 5.36. The molecule has 1 aromatic rings. The molecule has 0 amide bonds. The Morgan fingerprint density at radius 3 is 2.26 bits per heavy atom. The average molecular weight is 340 g/mol. The summed E-state index contributed by atoms with van der Waals surface area (Å²) in [6.45, 7) is 13.5. The zero-order chi connectivity index (χ0) is 16.3. The summed E-state index contributed by atoms with van der Waals surface area (Å²) in [6, 6.07) is 0. The molecule has 7 heteroatoms. The SMILES string of the molecule is CC(C)(CN1CCN(c2ncc(Cl)cn2)CC1)N1CCOCC1. The highest BCUT2D eigenvalue weighted by Crippen LogP contribution is 2.20. The summed E-state index contributed by atoms with van der Waals surface area (Å²) < 4.78 is 5.47. The van der Waals surface area contributed by atoms with Gasteiger partial charge < -0.3 is 9.64 Å². The van der Waals surface area contributed by atoms with Gasteiger partial charge in [0.15, 0.2) is 0 Å². The van der Waals surface area contributed by atoms with Crippen LogP contribution < -0.4 is 4.90 Å². The quantitative estimate of drug-likeness (QED) is 0.825. The zero-order valence-electron chi connectivity index (χ0n) is 14.0. The summed E-state index contributed by atoms with van der Waals surface area (Å²) in [7, 11) is 0. The monoisotopic (exact) mass is 339 g/mol. The first-order chi connectivity index (χ1) is 11.0. The van der Waals surface area contributed by atoms with E-state index in [2.05, 4.69) is 38.5 Å². The smallest absolute Gasteiger partial charge is 0.225 e. The maximum atomic E-state index is 5.85. The van der Waals surface area contributed by atoms with Crippen molar-refractivity contribution in [1.82, 2.24) is 19.8 Å². The van der Waals surface area contributed by atoms with E-state index in [1.54, 1.807) is 12.4 Å². The highest BCUT2D eigenvalue weighted by Gasteiger charge is 2.31. The van der Waals surface area contributed by atoms with Gasteiger partial charge in [-0.25, -0.2) is 9.97 Å². The van der Waals surface area contributed by atoms with Gasteiger partial charge in [-0.1, -0.05) is 11.6 Å². The number of piperazine rings is 1. The number of hydrogen-bond donors (Lipinski definition) is 0. The Labute approximate surface area is 143 Å². The van der Waals surface area contributed by atoms with Crippen molar-refractivity contribution in [3.05, 3.63) is 17.4 Å². The van der Waals surface area contributed by atoms with Gasteiger partial charge in [-0.15, -0.1) is 0 Å². The Bertz CT molecular complexity index is 496. The van der Waals surface area contributed by atoms with Crippen molar-refractivity contribution in [2.24, 2.45) is 0 Å². The van der Waals surface area contributed by atoms with Crippen LogP contribution in [0.15, 0.2) is 12.4 Å². The van der Waals surface area contributed by atoms with E-state index >= 15 is 0 Å². The standard InChI is InChI=1S/C16H26ClN5O/c1-16(2,22-7-9-23-10-8-22)13-20-3-5-21(6-4-20)15-18-11-14(17)12-19-15/h11-12H,3-10,13H2,1-2H3. The van der Waals surface area contributed by atoms with Gasteiger partial charge in [0.25, 0.3) is 0 Å². The maximum Gasteiger partial charge on any atom is 0.225 e. The van der Waals surface area contributed by atoms with E-state index in [-0.39, 0.29) is 5.54 Å². The third-order valence-corrected chi connectivity index (χ3v) is 4.93. The van der Waals surface area contributed by atoms with E-state index in [0.29, 0.717) is 5.02 Å². The molecule has 0 atom stereocenters. The van der Waals surface area contributed by atoms with Crippen LogP contribution in [0.5, 0.6) is 0 Å². The maximum absolute atomic E-state index is 5.85. The van der Waals surface area contributed by atoms with Crippen molar-refractivity contribution in [2.75, 3.05) is 63.9 Å². The van der Waals surface area contributed by atoms with Gasteiger partial charge in [-0.05, 0) is 13.8 Å². The minimum atomic E-state index is 0.183. The van der Waals surface area contributed by atoms with Gasteiger partial charge in [0.05, 0.1) is 30.6 Å². The first-order valence-electron chi connectivity index (χ1n) is 8.32. The van der Waals surface area contributed by atoms with Gasteiger partial charge >= 0.3 is 0 Å². The van der Waals surface area contributed by atoms with E-state index in [1.807, 2.05) is 0 Å². The topological polar surface area (TPSA) is 44.7 Å². The summed E-state index contributed by atoms with van der Waals surface area (Å²) in [4.78, 5) is 16.0. The molecule has 0 aliphatic carbocycles. The number of morpholine rings is 1. The molecule has 1 aromatic heterocycles. The molecule has 0 bridgehead atoms. The lowest BCUT2D eigenvalue weighted by Crippen LogP contribution is -2.58. The number of halogens is 1. The number of anilines is 1. The van der Waals surface area contributed by atoms with Crippen LogP contribution in [-0.2, 0) is 4.74 Å². The summed E-state index contributed by atoms with van der Waals surface area (Å²) in [5.74, 6) is 0.779. The molecule has 2 aliphatic heterocycles. The molecule has 3 rings (SSSR count). The number of hydrogen-bond acceptors (Lipinski definition) is 6. The van der Waals surface area contributed by atoms with Gasteiger partial charge in [-0.2, -0.15) is 0 Å². The second-order valence-corrected chi connectivity index (χ2v) is 7.31. The van der Waals surface area contributed by atoms with E-state index in [4.69, 9.17) is 16.3 Å². The van der Waals surface area contributed by atoms with Crippen LogP contribution in [0.1, 0.15) is 13.8 Å². The van der Waals surface area contributed by atoms with Crippen LogP contribution in [0, 0.1) is 0 Å². The van der Waals surface area contributed by atoms with Crippen molar-refractivity contribution >= 4 is 17.5 Å². The van der Waals surface area contributed by atoms with Crippen LogP contribution in [0.25, 0.3) is 0 Å². The normalized spacial score (nSPS) is 21.6. The van der Waals surface area contributed by atoms with E-state index in [0.717, 1.165) is 65.0 Å². The molecule has 0 spiro atoms. The molecule has 2 saturated heterocycles. The predicted molar refractivity (Wildman–Crippen MR) is 92.2 cm³/mol. The van der Waals surface area contributed by atoms with Crippen molar-refractivity contribution in [3.8, 4) is 0 Å². The molecule has 0 unspecified atom stereocenters. The van der Waals surface area contributed by atoms with E-state index in [9.17, 15) is 0 Å². The van der Waals surface area contributed by atoms with Crippen LogP contribution in [0.3, 0.4) is 0 Å². The minimum absolute atomic E-state index is 0.183. The molecule has 0 saturated carbocycles.